The van der Waals surface area contributed by atoms with Crippen molar-refractivity contribution in [3.8, 4) is 22.5 Å². The van der Waals surface area contributed by atoms with E-state index < -0.39 is 52.0 Å². The highest BCUT2D eigenvalue weighted by Crippen LogP contribution is 2.47. The standard InChI is InChI=1S/C45H34F8N2/c1-43(2,3)23-15-17-27-25-11-7-9-13-31(25)54(33(27)19-23)35-21-29(37-38(46)40(48)42(50)41(49)39(37)47)30(45(51,52)53)22-36(35)55-32-14-10-8-12-26(32)28-18-16-24(20-34(28)55)44(4,5)6/h7-22H,1-6H3. The predicted molar refractivity (Wildman–Crippen MR) is 203 cm³/mol. The number of benzene rings is 6. The number of hydrogen-bond donors (Lipinski definition) is 0. The first kappa shape index (κ1) is 36.3. The Bertz CT molecular complexity index is 2850. The number of para-hydroxylation sites is 2. The van der Waals surface area contributed by atoms with Gasteiger partial charge in [-0.05, 0) is 58.4 Å². The summed E-state index contributed by atoms with van der Waals surface area (Å²) in [5, 5.41) is 2.95. The van der Waals surface area contributed by atoms with Crippen LogP contribution in [0.4, 0.5) is 35.1 Å². The minimum Gasteiger partial charge on any atom is -0.307 e. The molecule has 0 aliphatic heterocycles. The average molecular weight is 755 g/mol. The first-order valence-electron chi connectivity index (χ1n) is 17.6. The molecule has 0 saturated heterocycles. The van der Waals surface area contributed by atoms with Gasteiger partial charge in [0.15, 0.2) is 23.3 Å². The van der Waals surface area contributed by atoms with Crippen LogP contribution >= 0.6 is 0 Å². The lowest BCUT2D eigenvalue weighted by molar-refractivity contribution is -0.137. The Labute approximate surface area is 311 Å². The van der Waals surface area contributed by atoms with Gasteiger partial charge in [0.1, 0.15) is 0 Å². The Morgan fingerprint density at radius 2 is 0.800 bits per heavy atom. The lowest BCUT2D eigenvalue weighted by atomic mass is 9.86. The highest BCUT2D eigenvalue weighted by molar-refractivity contribution is 6.12. The quantitative estimate of drug-likeness (QED) is 0.0966. The largest absolute Gasteiger partial charge is 0.417 e. The molecule has 2 nitrogen and oxygen atoms in total. The van der Waals surface area contributed by atoms with Gasteiger partial charge in [0.2, 0.25) is 5.82 Å². The zero-order valence-corrected chi connectivity index (χ0v) is 30.7. The summed E-state index contributed by atoms with van der Waals surface area (Å²) >= 11 is 0. The molecular formula is C45H34F8N2. The fraction of sp³-hybridized carbons (Fsp3) is 0.200. The van der Waals surface area contributed by atoms with Crippen molar-refractivity contribution in [2.45, 2.75) is 58.5 Å². The maximum absolute atomic E-state index is 15.7. The van der Waals surface area contributed by atoms with E-state index >= 15 is 22.0 Å². The van der Waals surface area contributed by atoms with Gasteiger partial charge in [-0.15, -0.1) is 0 Å². The van der Waals surface area contributed by atoms with Gasteiger partial charge in [-0.1, -0.05) is 102 Å². The molecule has 0 radical (unpaired) electrons. The van der Waals surface area contributed by atoms with Crippen LogP contribution in [0, 0.1) is 29.1 Å². The number of halogens is 8. The minimum atomic E-state index is -5.31. The molecule has 8 aromatic rings. The van der Waals surface area contributed by atoms with Crippen molar-refractivity contribution in [1.82, 2.24) is 9.13 Å². The minimum absolute atomic E-state index is 0.0213. The fourth-order valence-electron chi connectivity index (χ4n) is 7.61. The molecule has 0 atom stereocenters. The third-order valence-corrected chi connectivity index (χ3v) is 10.5. The van der Waals surface area contributed by atoms with E-state index in [1.165, 1.54) is 0 Å². The summed E-state index contributed by atoms with van der Waals surface area (Å²) in [5.74, 6) is -11.9. The van der Waals surface area contributed by atoms with Crippen LogP contribution in [0.25, 0.3) is 66.1 Å². The van der Waals surface area contributed by atoms with E-state index in [9.17, 15) is 13.2 Å². The Morgan fingerprint density at radius 3 is 1.22 bits per heavy atom. The van der Waals surface area contributed by atoms with E-state index in [0.29, 0.717) is 22.1 Å². The molecule has 280 valence electrons. The second-order valence-corrected chi connectivity index (χ2v) is 16.0. The first-order chi connectivity index (χ1) is 25.8. The van der Waals surface area contributed by atoms with Crippen LogP contribution in [0.1, 0.15) is 58.2 Å². The summed E-state index contributed by atoms with van der Waals surface area (Å²) in [6.07, 6.45) is -5.31. The second-order valence-electron chi connectivity index (χ2n) is 16.0. The number of rotatable bonds is 3. The molecule has 0 fully saturated rings. The molecule has 55 heavy (non-hydrogen) atoms. The molecule has 10 heteroatoms. The van der Waals surface area contributed by atoms with E-state index in [1.807, 2.05) is 102 Å². The summed E-state index contributed by atoms with van der Waals surface area (Å²) in [4.78, 5) is 0. The van der Waals surface area contributed by atoms with Crippen molar-refractivity contribution in [2.24, 2.45) is 0 Å². The number of alkyl halides is 3. The van der Waals surface area contributed by atoms with Gasteiger partial charge in [-0.25, -0.2) is 22.0 Å². The van der Waals surface area contributed by atoms with Crippen LogP contribution in [0.2, 0.25) is 0 Å². The zero-order chi connectivity index (χ0) is 39.5. The van der Waals surface area contributed by atoms with E-state index in [1.54, 1.807) is 33.4 Å². The molecule has 2 aromatic heterocycles. The Hall–Kier alpha value is -5.64. The van der Waals surface area contributed by atoms with E-state index in [4.69, 9.17) is 0 Å². The Kier molecular flexibility index (Phi) is 8.05. The van der Waals surface area contributed by atoms with Crippen LogP contribution < -0.4 is 0 Å². The maximum atomic E-state index is 15.7. The summed E-state index contributed by atoms with van der Waals surface area (Å²) in [7, 11) is 0. The monoisotopic (exact) mass is 754 g/mol. The Balaban J connectivity index is 1.65. The van der Waals surface area contributed by atoms with Crippen molar-refractivity contribution in [2.75, 3.05) is 0 Å². The van der Waals surface area contributed by atoms with Gasteiger partial charge in [-0.2, -0.15) is 13.2 Å². The average Bonchev–Trinajstić information content (AvgIpc) is 3.64. The molecule has 0 unspecified atom stereocenters. The summed E-state index contributed by atoms with van der Waals surface area (Å²) in [6, 6.07) is 27.7. The van der Waals surface area contributed by atoms with Gasteiger partial charge in [0.05, 0.1) is 44.6 Å². The van der Waals surface area contributed by atoms with Gasteiger partial charge in [0.25, 0.3) is 0 Å². The Morgan fingerprint density at radius 1 is 0.418 bits per heavy atom. The molecule has 2 heterocycles. The van der Waals surface area contributed by atoms with Crippen molar-refractivity contribution in [3.05, 3.63) is 143 Å². The van der Waals surface area contributed by atoms with Crippen molar-refractivity contribution < 1.29 is 35.1 Å². The third-order valence-electron chi connectivity index (χ3n) is 10.5. The lowest BCUT2D eigenvalue weighted by Gasteiger charge is -2.24. The topological polar surface area (TPSA) is 9.86 Å². The normalized spacial score (nSPS) is 12.9. The number of aromatic nitrogens is 2. The zero-order valence-electron chi connectivity index (χ0n) is 30.7. The number of fused-ring (bicyclic) bond motifs is 6. The molecule has 0 bridgehead atoms. The molecule has 0 aliphatic carbocycles. The summed E-state index contributed by atoms with van der Waals surface area (Å²) in [5.41, 5.74) is -1.19. The molecule has 0 saturated carbocycles. The first-order valence-corrected chi connectivity index (χ1v) is 17.6. The molecule has 0 amide bonds. The van der Waals surface area contributed by atoms with Gasteiger partial charge in [0, 0.05) is 27.1 Å². The molecular weight excluding hydrogens is 720 g/mol. The van der Waals surface area contributed by atoms with Crippen LogP contribution in [-0.2, 0) is 17.0 Å². The molecule has 0 spiro atoms. The summed E-state index contributed by atoms with van der Waals surface area (Å²) in [6.45, 7) is 12.1. The predicted octanol–water partition coefficient (Wildman–Crippen LogP) is 13.9. The highest BCUT2D eigenvalue weighted by Gasteiger charge is 2.39. The fourth-order valence-corrected chi connectivity index (χ4v) is 7.61. The SMILES string of the molecule is CC(C)(C)c1ccc2c3ccccc3n(-c3cc(-c4c(F)c(F)c(F)c(F)c4F)c(C(F)(F)F)cc3-n3c4ccccc4c4ccc(C(C)(C)C)cc43)c2c1. The van der Waals surface area contributed by atoms with E-state index in [-0.39, 0.29) is 22.2 Å². The third kappa shape index (κ3) is 5.59. The van der Waals surface area contributed by atoms with Gasteiger partial charge >= 0.3 is 6.18 Å². The number of nitrogens with zero attached hydrogens (tertiary/aromatic N) is 2. The van der Waals surface area contributed by atoms with Crippen molar-refractivity contribution in [1.29, 1.82) is 0 Å². The molecule has 8 rings (SSSR count). The van der Waals surface area contributed by atoms with Gasteiger partial charge in [-0.3, -0.25) is 0 Å². The molecule has 0 N–H and O–H groups in total. The van der Waals surface area contributed by atoms with Gasteiger partial charge < -0.3 is 9.13 Å². The van der Waals surface area contributed by atoms with Crippen LogP contribution in [0.5, 0.6) is 0 Å². The van der Waals surface area contributed by atoms with E-state index in [0.717, 1.165) is 44.8 Å². The van der Waals surface area contributed by atoms with Crippen LogP contribution in [0.3, 0.4) is 0 Å². The van der Waals surface area contributed by atoms with Crippen LogP contribution in [-0.4, -0.2) is 9.13 Å². The smallest absolute Gasteiger partial charge is 0.307 e. The van der Waals surface area contributed by atoms with Crippen molar-refractivity contribution in [3.63, 3.8) is 0 Å². The maximum Gasteiger partial charge on any atom is 0.417 e. The lowest BCUT2D eigenvalue weighted by Crippen LogP contribution is -2.15. The van der Waals surface area contributed by atoms with Crippen LogP contribution in [0.15, 0.2) is 97.1 Å². The second kappa shape index (κ2) is 12.2. The highest BCUT2D eigenvalue weighted by atomic mass is 19.4. The molecule has 6 aromatic carbocycles. The number of hydrogen-bond acceptors (Lipinski definition) is 0. The van der Waals surface area contributed by atoms with E-state index in [2.05, 4.69) is 0 Å². The molecule has 0 aliphatic rings. The van der Waals surface area contributed by atoms with Crippen molar-refractivity contribution >= 4 is 43.6 Å². The summed E-state index contributed by atoms with van der Waals surface area (Å²) < 4.78 is 125.